The van der Waals surface area contributed by atoms with Crippen molar-refractivity contribution in [3.63, 3.8) is 0 Å². The third-order valence-electron chi connectivity index (χ3n) is 3.89. The van der Waals surface area contributed by atoms with Gasteiger partial charge in [-0.3, -0.25) is 14.8 Å². The van der Waals surface area contributed by atoms with Gasteiger partial charge in [0, 0.05) is 5.69 Å². The van der Waals surface area contributed by atoms with Crippen LogP contribution in [0.5, 0.6) is 5.75 Å². The van der Waals surface area contributed by atoms with Gasteiger partial charge < -0.3 is 15.2 Å². The van der Waals surface area contributed by atoms with E-state index >= 15 is 0 Å². The van der Waals surface area contributed by atoms with Gasteiger partial charge in [0.1, 0.15) is 10.6 Å². The minimum atomic E-state index is -4.11. The van der Waals surface area contributed by atoms with Gasteiger partial charge in [0.25, 0.3) is 15.9 Å². The van der Waals surface area contributed by atoms with Crippen LogP contribution in [0.15, 0.2) is 47.4 Å². The maximum Gasteiger partial charge on any atom is 0.338 e. The van der Waals surface area contributed by atoms with E-state index in [0.717, 1.165) is 11.6 Å². The molecule has 0 aliphatic heterocycles. The number of aryl methyl sites for hydroxylation is 1. The van der Waals surface area contributed by atoms with E-state index in [-0.39, 0.29) is 16.2 Å². The summed E-state index contributed by atoms with van der Waals surface area (Å²) in [5.74, 6) is -1.89. The molecule has 2 aromatic rings. The monoisotopic (exact) mass is 435 g/mol. The number of imide groups is 1. The molecule has 0 heterocycles. The molecule has 0 unspecified atom stereocenters. The lowest BCUT2D eigenvalue weighted by Crippen LogP contribution is -2.42. The zero-order valence-corrected chi connectivity index (χ0v) is 17.3. The van der Waals surface area contributed by atoms with Crippen molar-refractivity contribution in [3.8, 4) is 5.75 Å². The molecule has 0 bridgehead atoms. The van der Waals surface area contributed by atoms with Crippen LogP contribution in [-0.2, 0) is 19.6 Å². The topological polar surface area (TPSA) is 154 Å². The van der Waals surface area contributed by atoms with Crippen LogP contribution >= 0.6 is 0 Å². The Morgan fingerprint density at radius 2 is 1.70 bits per heavy atom. The van der Waals surface area contributed by atoms with E-state index in [9.17, 15) is 22.8 Å². The van der Waals surface area contributed by atoms with Gasteiger partial charge in [-0.2, -0.15) is 0 Å². The molecule has 0 saturated carbocycles. The van der Waals surface area contributed by atoms with E-state index in [1.54, 1.807) is 29.6 Å². The number of nitrogens with one attached hydrogen (secondary N) is 2. The Morgan fingerprint density at radius 3 is 2.27 bits per heavy atom. The number of benzene rings is 2. The van der Waals surface area contributed by atoms with Crippen molar-refractivity contribution >= 4 is 33.6 Å². The number of urea groups is 1. The van der Waals surface area contributed by atoms with Crippen LogP contribution in [0.2, 0.25) is 0 Å². The fourth-order valence-corrected chi connectivity index (χ4v) is 3.61. The first-order chi connectivity index (χ1) is 14.0. The van der Waals surface area contributed by atoms with Gasteiger partial charge in [0.2, 0.25) is 0 Å². The van der Waals surface area contributed by atoms with Gasteiger partial charge in [-0.05, 0) is 44.2 Å². The number of anilines is 1. The first-order valence-corrected chi connectivity index (χ1v) is 10.1. The lowest BCUT2D eigenvalue weighted by atomic mass is 10.2. The molecule has 2 rings (SSSR count). The number of primary amides is 1. The summed E-state index contributed by atoms with van der Waals surface area (Å²) in [7, 11) is -2.82. The molecular formula is C19H21N3O7S. The fourth-order valence-electron chi connectivity index (χ4n) is 2.35. The van der Waals surface area contributed by atoms with Crippen LogP contribution in [0.25, 0.3) is 0 Å². The second kappa shape index (κ2) is 9.27. The molecule has 0 spiro atoms. The number of carbonyl (C=O) groups excluding carboxylic acids is 3. The van der Waals surface area contributed by atoms with Gasteiger partial charge in [0.15, 0.2) is 6.10 Å². The highest BCUT2D eigenvalue weighted by molar-refractivity contribution is 7.92. The van der Waals surface area contributed by atoms with Gasteiger partial charge in [0.05, 0.1) is 12.7 Å². The summed E-state index contributed by atoms with van der Waals surface area (Å²) in [5, 5.41) is 1.78. The molecule has 0 aromatic heterocycles. The van der Waals surface area contributed by atoms with E-state index < -0.39 is 34.0 Å². The molecule has 0 radical (unpaired) electrons. The standard InChI is InChI=1S/C19H21N3O7S/c1-11-4-7-14(8-5-11)22-30(26,27)16-10-13(6-9-15(16)28-3)18(24)29-12(2)17(23)21-19(20)25/h4-10,12,22H,1-3H3,(H3,20,21,23,25)/t12-/m1/s1. The van der Waals surface area contributed by atoms with Crippen molar-refractivity contribution in [1.29, 1.82) is 0 Å². The third kappa shape index (κ3) is 5.70. The van der Waals surface area contributed by atoms with Crippen LogP contribution in [-0.4, -0.2) is 39.5 Å². The number of ether oxygens (including phenoxy) is 2. The molecule has 2 aromatic carbocycles. The van der Waals surface area contributed by atoms with E-state index in [2.05, 4.69) is 4.72 Å². The molecule has 30 heavy (non-hydrogen) atoms. The normalized spacial score (nSPS) is 11.8. The molecule has 0 fully saturated rings. The number of esters is 1. The Balaban J connectivity index is 2.29. The molecule has 0 aliphatic rings. The highest BCUT2D eigenvalue weighted by atomic mass is 32.2. The number of methoxy groups -OCH3 is 1. The summed E-state index contributed by atoms with van der Waals surface area (Å²) >= 11 is 0. The molecule has 1 atom stereocenters. The number of hydrogen-bond donors (Lipinski definition) is 3. The number of amides is 3. The van der Waals surface area contributed by atoms with Crippen LogP contribution < -0.4 is 20.5 Å². The molecule has 160 valence electrons. The van der Waals surface area contributed by atoms with Gasteiger partial charge in [-0.15, -0.1) is 0 Å². The minimum absolute atomic E-state index is 0.00526. The third-order valence-corrected chi connectivity index (χ3v) is 5.29. The number of hydrogen-bond acceptors (Lipinski definition) is 7. The van der Waals surface area contributed by atoms with E-state index in [0.29, 0.717) is 5.69 Å². The number of sulfonamides is 1. The number of rotatable bonds is 7. The Bertz CT molecular complexity index is 1070. The minimum Gasteiger partial charge on any atom is -0.495 e. The highest BCUT2D eigenvalue weighted by Crippen LogP contribution is 2.27. The molecule has 0 aliphatic carbocycles. The van der Waals surface area contributed by atoms with Crippen LogP contribution in [0.1, 0.15) is 22.8 Å². The SMILES string of the molecule is COc1ccc(C(=O)O[C@H](C)C(=O)NC(N)=O)cc1S(=O)(=O)Nc1ccc(C)cc1. The quantitative estimate of drug-likeness (QED) is 0.557. The summed E-state index contributed by atoms with van der Waals surface area (Å²) in [6.07, 6.45) is -1.34. The smallest absolute Gasteiger partial charge is 0.338 e. The number of carbonyl (C=O) groups is 3. The predicted octanol–water partition coefficient (Wildman–Crippen LogP) is 1.54. The van der Waals surface area contributed by atoms with Crippen molar-refractivity contribution in [2.75, 3.05) is 11.8 Å². The summed E-state index contributed by atoms with van der Waals surface area (Å²) < 4.78 is 38.1. The molecule has 11 heteroatoms. The lowest BCUT2D eigenvalue weighted by Gasteiger charge is -2.15. The molecular weight excluding hydrogens is 414 g/mol. The lowest BCUT2D eigenvalue weighted by molar-refractivity contribution is -0.127. The van der Waals surface area contributed by atoms with Crippen molar-refractivity contribution in [1.82, 2.24) is 5.32 Å². The van der Waals surface area contributed by atoms with Crippen molar-refractivity contribution in [2.24, 2.45) is 5.73 Å². The Hall–Kier alpha value is -3.60. The van der Waals surface area contributed by atoms with Crippen LogP contribution in [0.4, 0.5) is 10.5 Å². The summed E-state index contributed by atoms with van der Waals surface area (Å²) in [5.41, 5.74) is 5.99. The average Bonchev–Trinajstić information content (AvgIpc) is 2.68. The van der Waals surface area contributed by atoms with Gasteiger partial charge in [-0.1, -0.05) is 17.7 Å². The Labute approximate surface area is 173 Å². The number of nitrogens with two attached hydrogens (primary N) is 1. The zero-order valence-electron chi connectivity index (χ0n) is 16.5. The Kier molecular flexibility index (Phi) is 7.01. The molecule has 4 N–H and O–H groups in total. The average molecular weight is 435 g/mol. The van der Waals surface area contributed by atoms with E-state index in [4.69, 9.17) is 15.2 Å². The highest BCUT2D eigenvalue weighted by Gasteiger charge is 2.25. The van der Waals surface area contributed by atoms with Crippen LogP contribution in [0.3, 0.4) is 0 Å². The summed E-state index contributed by atoms with van der Waals surface area (Å²) in [4.78, 5) is 34.4. The van der Waals surface area contributed by atoms with Gasteiger partial charge >= 0.3 is 12.0 Å². The maximum atomic E-state index is 12.8. The first kappa shape index (κ1) is 22.7. The first-order valence-electron chi connectivity index (χ1n) is 8.62. The van der Waals surface area contributed by atoms with Crippen molar-refractivity contribution < 1.29 is 32.3 Å². The second-order valence-electron chi connectivity index (χ2n) is 6.24. The summed E-state index contributed by atoms with van der Waals surface area (Å²) in [6.45, 7) is 3.09. The van der Waals surface area contributed by atoms with E-state index in [1.807, 2.05) is 6.92 Å². The molecule has 0 saturated heterocycles. The second-order valence-corrected chi connectivity index (χ2v) is 7.89. The van der Waals surface area contributed by atoms with Gasteiger partial charge in [-0.25, -0.2) is 18.0 Å². The van der Waals surface area contributed by atoms with Crippen molar-refractivity contribution in [3.05, 3.63) is 53.6 Å². The zero-order chi connectivity index (χ0) is 22.5. The summed E-state index contributed by atoms with van der Waals surface area (Å²) in [6, 6.07) is 9.20. The molecule has 10 nitrogen and oxygen atoms in total. The fraction of sp³-hybridized carbons (Fsp3) is 0.211. The van der Waals surface area contributed by atoms with Crippen molar-refractivity contribution in [2.45, 2.75) is 24.8 Å². The maximum absolute atomic E-state index is 12.8. The molecule has 3 amide bonds. The van der Waals surface area contributed by atoms with Crippen LogP contribution in [0, 0.1) is 6.92 Å². The van der Waals surface area contributed by atoms with E-state index in [1.165, 1.54) is 26.2 Å². The Morgan fingerprint density at radius 1 is 1.07 bits per heavy atom. The largest absolute Gasteiger partial charge is 0.495 e. The predicted molar refractivity (Wildman–Crippen MR) is 108 cm³/mol.